The highest BCUT2D eigenvalue weighted by molar-refractivity contribution is 6.38. The maximum absolute atomic E-state index is 11.4. The van der Waals surface area contributed by atoms with Crippen molar-refractivity contribution in [2.45, 2.75) is 27.1 Å². The summed E-state index contributed by atoms with van der Waals surface area (Å²) in [6, 6.07) is 0. The van der Waals surface area contributed by atoms with Crippen LogP contribution in [0.2, 0.25) is 0 Å². The summed E-state index contributed by atoms with van der Waals surface area (Å²) in [7, 11) is 0. The number of esters is 2. The van der Waals surface area contributed by atoms with Gasteiger partial charge in [0.25, 0.3) is 5.78 Å². The quantitative estimate of drug-likeness (QED) is 0.300. The Balaban J connectivity index is 4.95. The fourth-order valence-corrected chi connectivity index (χ4v) is 0.693. The average molecular weight is 254 g/mol. The first-order valence-electron chi connectivity index (χ1n) is 4.94. The predicted molar refractivity (Wildman–Crippen MR) is 61.3 cm³/mol. The van der Waals surface area contributed by atoms with E-state index in [4.69, 9.17) is 0 Å². The van der Waals surface area contributed by atoms with Crippen molar-refractivity contribution in [3.8, 4) is 0 Å². The summed E-state index contributed by atoms with van der Waals surface area (Å²) in [6.45, 7) is 10.3. The van der Waals surface area contributed by atoms with Crippen LogP contribution in [0.15, 0.2) is 24.3 Å². The molecule has 0 heterocycles. The first-order chi connectivity index (χ1) is 8.16. The standard InChI is InChI=1S/C12H14O6/c1-6(2)10(15)17-12(9(14)8(5)13)18-11(16)7(3)4/h12H,1,3H2,2,4-5H3. The second-order valence-corrected chi connectivity index (χ2v) is 3.62. The fourth-order valence-electron chi connectivity index (χ4n) is 0.693. The molecule has 0 fully saturated rings. The Morgan fingerprint density at radius 2 is 1.17 bits per heavy atom. The van der Waals surface area contributed by atoms with Crippen LogP contribution in [0.4, 0.5) is 0 Å². The van der Waals surface area contributed by atoms with Crippen molar-refractivity contribution >= 4 is 23.5 Å². The first kappa shape index (κ1) is 15.8. The van der Waals surface area contributed by atoms with Gasteiger partial charge in [0.2, 0.25) is 5.78 Å². The molecule has 0 amide bonds. The van der Waals surface area contributed by atoms with Crippen LogP contribution in [0.1, 0.15) is 20.8 Å². The number of carbonyl (C=O) groups is 4. The Hall–Kier alpha value is -2.24. The summed E-state index contributed by atoms with van der Waals surface area (Å²) >= 11 is 0. The Bertz CT molecular complexity index is 404. The molecule has 0 N–H and O–H groups in total. The third-order valence-corrected chi connectivity index (χ3v) is 1.69. The zero-order valence-electron chi connectivity index (χ0n) is 10.4. The van der Waals surface area contributed by atoms with Gasteiger partial charge < -0.3 is 9.47 Å². The van der Waals surface area contributed by atoms with Crippen molar-refractivity contribution < 1.29 is 28.7 Å². The molecule has 18 heavy (non-hydrogen) atoms. The van der Waals surface area contributed by atoms with Crippen LogP contribution in [0.25, 0.3) is 0 Å². The minimum atomic E-state index is -1.91. The van der Waals surface area contributed by atoms with Crippen molar-refractivity contribution in [1.29, 1.82) is 0 Å². The zero-order chi connectivity index (χ0) is 14.5. The van der Waals surface area contributed by atoms with Crippen molar-refractivity contribution in [2.75, 3.05) is 0 Å². The van der Waals surface area contributed by atoms with Gasteiger partial charge in [-0.3, -0.25) is 9.59 Å². The summed E-state index contributed by atoms with van der Waals surface area (Å²) in [5, 5.41) is 0. The van der Waals surface area contributed by atoms with E-state index < -0.39 is 29.8 Å². The van der Waals surface area contributed by atoms with Gasteiger partial charge in [-0.2, -0.15) is 0 Å². The molecule has 0 rings (SSSR count). The van der Waals surface area contributed by atoms with Crippen LogP contribution in [0.5, 0.6) is 0 Å². The molecule has 0 aromatic rings. The minimum absolute atomic E-state index is 0.00252. The van der Waals surface area contributed by atoms with Gasteiger partial charge in [-0.15, -0.1) is 0 Å². The van der Waals surface area contributed by atoms with Crippen molar-refractivity contribution in [1.82, 2.24) is 0 Å². The Morgan fingerprint density at radius 1 is 0.833 bits per heavy atom. The molecule has 0 radical (unpaired) electrons. The van der Waals surface area contributed by atoms with Gasteiger partial charge in [0.1, 0.15) is 0 Å². The molecule has 0 saturated carbocycles. The SMILES string of the molecule is C=C(C)C(=O)OC(OC(=O)C(=C)C)C(=O)C(C)=O. The molecule has 0 aromatic heterocycles. The number of hydrogen-bond acceptors (Lipinski definition) is 6. The van der Waals surface area contributed by atoms with E-state index in [1.165, 1.54) is 13.8 Å². The maximum Gasteiger partial charge on any atom is 0.336 e. The highest BCUT2D eigenvalue weighted by Gasteiger charge is 2.30. The third kappa shape index (κ3) is 4.73. The highest BCUT2D eigenvalue weighted by atomic mass is 16.7. The van der Waals surface area contributed by atoms with Gasteiger partial charge in [0.05, 0.1) is 0 Å². The number of ketones is 2. The average Bonchev–Trinajstić information content (AvgIpc) is 2.26. The summed E-state index contributed by atoms with van der Waals surface area (Å²) in [4.78, 5) is 44.8. The lowest BCUT2D eigenvalue weighted by Crippen LogP contribution is -2.36. The number of rotatable bonds is 6. The van der Waals surface area contributed by atoms with Crippen molar-refractivity contribution in [3.05, 3.63) is 24.3 Å². The Kier molecular flexibility index (Phi) is 5.68. The molecule has 0 unspecified atom stereocenters. The highest BCUT2D eigenvalue weighted by Crippen LogP contribution is 2.06. The lowest BCUT2D eigenvalue weighted by molar-refractivity contribution is -0.187. The molecule has 98 valence electrons. The van der Waals surface area contributed by atoms with E-state index in [1.807, 2.05) is 0 Å². The summed E-state index contributed by atoms with van der Waals surface area (Å²) in [6.07, 6.45) is -1.91. The second kappa shape index (κ2) is 6.48. The minimum Gasteiger partial charge on any atom is -0.414 e. The zero-order valence-corrected chi connectivity index (χ0v) is 10.4. The molecule has 0 aliphatic rings. The molecule has 0 spiro atoms. The van der Waals surface area contributed by atoms with Gasteiger partial charge >= 0.3 is 18.2 Å². The lowest BCUT2D eigenvalue weighted by Gasteiger charge is -2.15. The van der Waals surface area contributed by atoms with Gasteiger partial charge in [-0.25, -0.2) is 9.59 Å². The van der Waals surface area contributed by atoms with Gasteiger partial charge in [-0.05, 0) is 13.8 Å². The van der Waals surface area contributed by atoms with Gasteiger partial charge in [0.15, 0.2) is 0 Å². The molecule has 0 aliphatic carbocycles. The molecule has 6 nitrogen and oxygen atoms in total. The summed E-state index contributed by atoms with van der Waals surface area (Å²) < 4.78 is 9.13. The Morgan fingerprint density at radius 3 is 1.39 bits per heavy atom. The topological polar surface area (TPSA) is 86.7 Å². The number of hydrogen-bond donors (Lipinski definition) is 0. The maximum atomic E-state index is 11.4. The van der Waals surface area contributed by atoms with Crippen LogP contribution in [0.3, 0.4) is 0 Å². The van der Waals surface area contributed by atoms with E-state index >= 15 is 0 Å². The largest absolute Gasteiger partial charge is 0.414 e. The smallest absolute Gasteiger partial charge is 0.336 e. The lowest BCUT2D eigenvalue weighted by atomic mass is 10.2. The van der Waals surface area contributed by atoms with Gasteiger partial charge in [-0.1, -0.05) is 13.2 Å². The normalized spacial score (nSPS) is 9.56. The van der Waals surface area contributed by atoms with Crippen LogP contribution in [0, 0.1) is 0 Å². The van der Waals surface area contributed by atoms with Crippen LogP contribution in [-0.2, 0) is 28.7 Å². The molecule has 6 heteroatoms. The van der Waals surface area contributed by atoms with Crippen LogP contribution < -0.4 is 0 Å². The molecule has 0 saturated heterocycles. The molecule has 0 aliphatic heterocycles. The fraction of sp³-hybridized carbons (Fsp3) is 0.333. The molecule has 0 aromatic carbocycles. The first-order valence-corrected chi connectivity index (χ1v) is 4.94. The van der Waals surface area contributed by atoms with E-state index in [2.05, 4.69) is 22.6 Å². The molecular weight excluding hydrogens is 240 g/mol. The van der Waals surface area contributed by atoms with Crippen LogP contribution in [-0.4, -0.2) is 29.8 Å². The van der Waals surface area contributed by atoms with Crippen LogP contribution >= 0.6 is 0 Å². The van der Waals surface area contributed by atoms with E-state index in [9.17, 15) is 19.2 Å². The van der Waals surface area contributed by atoms with E-state index in [0.717, 1.165) is 6.92 Å². The molecular formula is C12H14O6. The summed E-state index contributed by atoms with van der Waals surface area (Å²) in [5.74, 6) is -3.92. The number of Topliss-reactive ketones (excluding diaryl/α,β-unsaturated/α-hetero) is 2. The number of carbonyl (C=O) groups excluding carboxylic acids is 4. The van der Waals surface area contributed by atoms with E-state index in [1.54, 1.807) is 0 Å². The second-order valence-electron chi connectivity index (χ2n) is 3.62. The van der Waals surface area contributed by atoms with E-state index in [0.29, 0.717) is 0 Å². The number of ether oxygens (including phenoxy) is 2. The summed E-state index contributed by atoms with van der Waals surface area (Å²) in [5.41, 5.74) is 0.00505. The predicted octanol–water partition coefficient (Wildman–Crippen LogP) is 0.709. The molecule has 0 atom stereocenters. The van der Waals surface area contributed by atoms with E-state index in [-0.39, 0.29) is 11.1 Å². The van der Waals surface area contributed by atoms with Gasteiger partial charge in [0, 0.05) is 18.1 Å². The third-order valence-electron chi connectivity index (χ3n) is 1.69. The van der Waals surface area contributed by atoms with Crippen molar-refractivity contribution in [3.63, 3.8) is 0 Å². The monoisotopic (exact) mass is 254 g/mol. The Labute approximate surface area is 104 Å². The van der Waals surface area contributed by atoms with Crippen molar-refractivity contribution in [2.24, 2.45) is 0 Å². The molecule has 0 bridgehead atoms.